The summed E-state index contributed by atoms with van der Waals surface area (Å²) in [7, 11) is 0. The molecule has 2 unspecified atom stereocenters. The number of benzene rings is 1. The maximum absolute atomic E-state index is 14.0. The molecule has 0 radical (unpaired) electrons. The Bertz CT molecular complexity index is 1330. The number of thiophene rings is 1. The third-order valence-electron chi connectivity index (χ3n) is 6.78. The van der Waals surface area contributed by atoms with E-state index in [1.807, 2.05) is 19.1 Å². The van der Waals surface area contributed by atoms with E-state index in [2.05, 4.69) is 15.7 Å². The van der Waals surface area contributed by atoms with Gasteiger partial charge < -0.3 is 15.4 Å². The Morgan fingerprint density at radius 2 is 1.95 bits per heavy atom. The van der Waals surface area contributed by atoms with Gasteiger partial charge in [-0.05, 0) is 50.7 Å². The van der Waals surface area contributed by atoms with Crippen LogP contribution in [0.15, 0.2) is 30.3 Å². The standard InChI is InChI=1S/C26H27F3N4O3S/c1-3-36-25(35)22-16-6-4-5-7-19(16)37-24(22)31-23(34)18-13-21-30-17(15-10-8-14(2)9-11-15)12-20(26(27,28)29)33(21)32-18/h8-11,13,17,20,30H,3-7,12H2,1-2H3,(H,31,34). The van der Waals surface area contributed by atoms with Gasteiger partial charge in [0.15, 0.2) is 11.7 Å². The minimum Gasteiger partial charge on any atom is -0.462 e. The van der Waals surface area contributed by atoms with Gasteiger partial charge in [0.25, 0.3) is 5.91 Å². The molecule has 0 fully saturated rings. The fourth-order valence-electron chi connectivity index (χ4n) is 4.94. The lowest BCUT2D eigenvalue weighted by Crippen LogP contribution is -2.35. The van der Waals surface area contributed by atoms with Crippen LogP contribution in [0.25, 0.3) is 0 Å². The van der Waals surface area contributed by atoms with Crippen molar-refractivity contribution in [2.24, 2.45) is 0 Å². The largest absolute Gasteiger partial charge is 0.462 e. The summed E-state index contributed by atoms with van der Waals surface area (Å²) in [6.07, 6.45) is -1.37. The van der Waals surface area contributed by atoms with Crippen molar-refractivity contribution in [3.8, 4) is 0 Å². The Labute approximate surface area is 216 Å². The number of nitrogens with zero attached hydrogens (tertiary/aromatic N) is 2. The van der Waals surface area contributed by atoms with Crippen LogP contribution in [0.5, 0.6) is 0 Å². The van der Waals surface area contributed by atoms with Crippen molar-refractivity contribution in [3.05, 3.63) is 63.2 Å². The van der Waals surface area contributed by atoms with E-state index in [0.29, 0.717) is 17.0 Å². The quantitative estimate of drug-likeness (QED) is 0.381. The molecule has 2 aromatic heterocycles. The third kappa shape index (κ3) is 4.96. The number of halogens is 3. The molecule has 5 rings (SSSR count). The average molecular weight is 533 g/mol. The second kappa shape index (κ2) is 9.85. The number of carbonyl (C=O) groups excluding carboxylic acids is 2. The van der Waals surface area contributed by atoms with E-state index in [-0.39, 0.29) is 24.5 Å². The average Bonchev–Trinajstić information content (AvgIpc) is 3.44. The molecular formula is C26H27F3N4O3S. The number of fused-ring (bicyclic) bond motifs is 2. The summed E-state index contributed by atoms with van der Waals surface area (Å²) in [5.41, 5.74) is 2.79. The van der Waals surface area contributed by atoms with Crippen LogP contribution in [-0.2, 0) is 17.6 Å². The predicted molar refractivity (Wildman–Crippen MR) is 134 cm³/mol. The summed E-state index contributed by atoms with van der Waals surface area (Å²) in [5.74, 6) is -1.08. The molecule has 2 atom stereocenters. The first-order chi connectivity index (χ1) is 17.7. The molecule has 196 valence electrons. The fraction of sp³-hybridized carbons (Fsp3) is 0.423. The van der Waals surface area contributed by atoms with Crippen molar-refractivity contribution < 1.29 is 27.5 Å². The molecule has 2 aliphatic rings. The van der Waals surface area contributed by atoms with Crippen LogP contribution in [0.3, 0.4) is 0 Å². The molecule has 0 saturated heterocycles. The van der Waals surface area contributed by atoms with E-state index in [0.717, 1.165) is 45.5 Å². The van der Waals surface area contributed by atoms with E-state index in [1.165, 1.54) is 17.4 Å². The smallest absolute Gasteiger partial charge is 0.410 e. The van der Waals surface area contributed by atoms with E-state index in [1.54, 1.807) is 19.1 Å². The molecule has 1 aromatic carbocycles. The van der Waals surface area contributed by atoms with Crippen LogP contribution in [-0.4, -0.2) is 34.4 Å². The second-order valence-electron chi connectivity index (χ2n) is 9.35. The van der Waals surface area contributed by atoms with Gasteiger partial charge in [-0.25, -0.2) is 9.48 Å². The molecule has 1 aliphatic heterocycles. The van der Waals surface area contributed by atoms with Crippen molar-refractivity contribution >= 4 is 34.0 Å². The number of aromatic nitrogens is 2. The number of rotatable bonds is 5. The van der Waals surface area contributed by atoms with Crippen LogP contribution < -0.4 is 10.6 Å². The first-order valence-electron chi connectivity index (χ1n) is 12.3. The lowest BCUT2D eigenvalue weighted by Gasteiger charge is -2.33. The van der Waals surface area contributed by atoms with Crippen molar-refractivity contribution in [2.75, 3.05) is 17.2 Å². The maximum Gasteiger partial charge on any atom is 0.410 e. The van der Waals surface area contributed by atoms with Crippen LogP contribution in [0, 0.1) is 6.92 Å². The van der Waals surface area contributed by atoms with E-state index in [4.69, 9.17) is 4.74 Å². The van der Waals surface area contributed by atoms with Gasteiger partial charge in [0, 0.05) is 17.4 Å². The molecule has 1 aliphatic carbocycles. The Hall–Kier alpha value is -3.34. The predicted octanol–water partition coefficient (Wildman–Crippen LogP) is 6.22. The molecule has 11 heteroatoms. The molecule has 0 saturated carbocycles. The number of anilines is 2. The molecule has 0 bridgehead atoms. The van der Waals surface area contributed by atoms with Gasteiger partial charge in [0.05, 0.1) is 18.2 Å². The maximum atomic E-state index is 14.0. The highest BCUT2D eigenvalue weighted by Gasteiger charge is 2.47. The van der Waals surface area contributed by atoms with Gasteiger partial charge in [-0.1, -0.05) is 29.8 Å². The number of hydrogen-bond donors (Lipinski definition) is 2. The zero-order valence-corrected chi connectivity index (χ0v) is 21.3. The normalized spacial score (nSPS) is 18.9. The zero-order chi connectivity index (χ0) is 26.3. The van der Waals surface area contributed by atoms with Gasteiger partial charge in [-0.15, -0.1) is 11.3 Å². The lowest BCUT2D eigenvalue weighted by atomic mass is 9.95. The summed E-state index contributed by atoms with van der Waals surface area (Å²) in [5, 5.41) is 10.2. The Morgan fingerprint density at radius 3 is 2.65 bits per heavy atom. The molecular weight excluding hydrogens is 505 g/mol. The third-order valence-corrected chi connectivity index (χ3v) is 7.99. The van der Waals surface area contributed by atoms with Crippen LogP contribution in [0.1, 0.15) is 80.7 Å². The molecule has 7 nitrogen and oxygen atoms in total. The highest BCUT2D eigenvalue weighted by atomic mass is 32.1. The Balaban J connectivity index is 1.45. The van der Waals surface area contributed by atoms with Crippen molar-refractivity contribution in [3.63, 3.8) is 0 Å². The molecule has 1 amide bonds. The Kier molecular flexibility index (Phi) is 6.74. The molecule has 0 spiro atoms. The highest BCUT2D eigenvalue weighted by Crippen LogP contribution is 2.44. The lowest BCUT2D eigenvalue weighted by molar-refractivity contribution is -0.173. The first kappa shape index (κ1) is 25.3. The monoisotopic (exact) mass is 532 g/mol. The number of aryl methyl sites for hydroxylation is 2. The van der Waals surface area contributed by atoms with Crippen molar-refractivity contribution in [1.29, 1.82) is 0 Å². The fourth-order valence-corrected chi connectivity index (χ4v) is 6.21. The highest BCUT2D eigenvalue weighted by molar-refractivity contribution is 7.17. The molecule has 37 heavy (non-hydrogen) atoms. The van der Waals surface area contributed by atoms with Gasteiger partial charge >= 0.3 is 12.1 Å². The molecule has 3 heterocycles. The van der Waals surface area contributed by atoms with E-state index in [9.17, 15) is 22.8 Å². The van der Waals surface area contributed by atoms with Crippen LogP contribution >= 0.6 is 11.3 Å². The van der Waals surface area contributed by atoms with Gasteiger partial charge in [-0.3, -0.25) is 4.79 Å². The van der Waals surface area contributed by atoms with Gasteiger partial charge in [-0.2, -0.15) is 18.3 Å². The zero-order valence-electron chi connectivity index (χ0n) is 20.4. The van der Waals surface area contributed by atoms with Gasteiger partial charge in [0.2, 0.25) is 0 Å². The first-order valence-corrected chi connectivity index (χ1v) is 13.1. The summed E-state index contributed by atoms with van der Waals surface area (Å²) in [4.78, 5) is 26.9. The summed E-state index contributed by atoms with van der Waals surface area (Å²) >= 11 is 1.31. The number of esters is 1. The number of carbonyl (C=O) groups is 2. The Morgan fingerprint density at radius 1 is 1.22 bits per heavy atom. The van der Waals surface area contributed by atoms with Crippen LogP contribution in [0.4, 0.5) is 24.0 Å². The summed E-state index contributed by atoms with van der Waals surface area (Å²) < 4.78 is 48.2. The number of amides is 1. The number of nitrogens with one attached hydrogen (secondary N) is 2. The van der Waals surface area contributed by atoms with Crippen molar-refractivity contribution in [2.45, 2.75) is 64.2 Å². The summed E-state index contributed by atoms with van der Waals surface area (Å²) in [6.45, 7) is 3.81. The minimum atomic E-state index is -4.55. The summed E-state index contributed by atoms with van der Waals surface area (Å²) in [6, 6.07) is 6.16. The number of alkyl halides is 3. The van der Waals surface area contributed by atoms with Crippen molar-refractivity contribution in [1.82, 2.24) is 9.78 Å². The topological polar surface area (TPSA) is 85.2 Å². The minimum absolute atomic E-state index is 0.111. The van der Waals surface area contributed by atoms with Gasteiger partial charge in [0.1, 0.15) is 10.8 Å². The number of hydrogen-bond acceptors (Lipinski definition) is 6. The van der Waals surface area contributed by atoms with E-state index >= 15 is 0 Å². The second-order valence-corrected chi connectivity index (χ2v) is 10.5. The van der Waals surface area contributed by atoms with Crippen LogP contribution in [0.2, 0.25) is 0 Å². The van der Waals surface area contributed by atoms with E-state index < -0.39 is 30.1 Å². The SMILES string of the molecule is CCOC(=O)c1c(NC(=O)c2cc3n(n2)C(C(F)(F)F)CC(c2ccc(C)cc2)N3)sc2c1CCCC2. The molecule has 2 N–H and O–H groups in total. The number of ether oxygens (including phenoxy) is 1. The molecule has 3 aromatic rings.